The summed E-state index contributed by atoms with van der Waals surface area (Å²) in [6, 6.07) is 0. The van der Waals surface area contributed by atoms with Gasteiger partial charge >= 0.3 is 0 Å². The van der Waals surface area contributed by atoms with Crippen molar-refractivity contribution >= 4 is 11.3 Å². The molecule has 13 heavy (non-hydrogen) atoms. The van der Waals surface area contributed by atoms with Gasteiger partial charge in [-0.05, 0) is 18.8 Å². The fraction of sp³-hybridized carbons (Fsp3) is 0.500. The lowest BCUT2D eigenvalue weighted by Gasteiger charge is -2.28. The van der Waals surface area contributed by atoms with E-state index in [1.807, 2.05) is 6.08 Å². The molecule has 1 aliphatic carbocycles. The molecule has 2 atom stereocenters. The molecule has 0 saturated heterocycles. The van der Waals surface area contributed by atoms with Gasteiger partial charge in [0.25, 0.3) is 0 Å². The van der Waals surface area contributed by atoms with Gasteiger partial charge in [-0.15, -0.1) is 11.3 Å². The van der Waals surface area contributed by atoms with E-state index in [0.29, 0.717) is 5.92 Å². The van der Waals surface area contributed by atoms with E-state index in [4.69, 9.17) is 0 Å². The lowest BCUT2D eigenvalue weighted by molar-refractivity contribution is 0.0708. The summed E-state index contributed by atoms with van der Waals surface area (Å²) in [5, 5.41) is 10.2. The zero-order valence-electron chi connectivity index (χ0n) is 7.60. The van der Waals surface area contributed by atoms with Gasteiger partial charge in [0.2, 0.25) is 0 Å². The van der Waals surface area contributed by atoms with Crippen molar-refractivity contribution in [1.29, 1.82) is 0 Å². The Bertz CT molecular complexity index is 307. The monoisotopic (exact) mass is 195 g/mol. The van der Waals surface area contributed by atoms with Crippen LogP contribution < -0.4 is 0 Å². The molecule has 2 rings (SSSR count). The third-order valence-electron chi connectivity index (χ3n) is 2.54. The highest BCUT2D eigenvalue weighted by Crippen LogP contribution is 2.35. The predicted molar refractivity (Wildman–Crippen MR) is 53.5 cm³/mol. The molecule has 1 N–H and O–H groups in total. The maximum Gasteiger partial charge on any atom is 0.118 e. The van der Waals surface area contributed by atoms with Crippen LogP contribution in [0.2, 0.25) is 0 Å². The van der Waals surface area contributed by atoms with Gasteiger partial charge in [-0.2, -0.15) is 0 Å². The van der Waals surface area contributed by atoms with Gasteiger partial charge in [0, 0.05) is 6.20 Å². The van der Waals surface area contributed by atoms with Crippen molar-refractivity contribution in [2.45, 2.75) is 25.4 Å². The van der Waals surface area contributed by atoms with Gasteiger partial charge in [0.05, 0.1) is 10.4 Å². The largest absolute Gasteiger partial charge is 0.380 e. The third kappa shape index (κ3) is 1.67. The molecule has 1 aliphatic rings. The molecule has 0 radical (unpaired) electrons. The molecule has 70 valence electrons. The molecule has 1 aromatic rings. The van der Waals surface area contributed by atoms with Crippen LogP contribution in [0.25, 0.3) is 0 Å². The molecule has 0 bridgehead atoms. The van der Waals surface area contributed by atoms with Crippen molar-refractivity contribution in [2.24, 2.45) is 5.92 Å². The second-order valence-electron chi connectivity index (χ2n) is 3.67. The summed E-state index contributed by atoms with van der Waals surface area (Å²) in [7, 11) is 0. The minimum absolute atomic E-state index is 0.591. The summed E-state index contributed by atoms with van der Waals surface area (Å²) in [4.78, 5) is 4.94. The lowest BCUT2D eigenvalue weighted by atomic mass is 9.85. The Balaban J connectivity index is 2.27. The smallest absolute Gasteiger partial charge is 0.118 e. The van der Waals surface area contributed by atoms with E-state index in [1.165, 1.54) is 11.3 Å². The van der Waals surface area contributed by atoms with Crippen molar-refractivity contribution in [3.05, 3.63) is 28.7 Å². The van der Waals surface area contributed by atoms with Gasteiger partial charge in [-0.25, -0.2) is 0 Å². The zero-order valence-corrected chi connectivity index (χ0v) is 8.42. The Morgan fingerprint density at radius 3 is 3.08 bits per heavy atom. The summed E-state index contributed by atoms with van der Waals surface area (Å²) in [5.74, 6) is 0.591. The van der Waals surface area contributed by atoms with Gasteiger partial charge in [-0.1, -0.05) is 19.1 Å². The first-order chi connectivity index (χ1) is 6.21. The van der Waals surface area contributed by atoms with Crippen LogP contribution in [0.3, 0.4) is 0 Å². The molecule has 0 aliphatic heterocycles. The number of thiazole rings is 1. The summed E-state index contributed by atoms with van der Waals surface area (Å²) < 4.78 is 0. The highest BCUT2D eigenvalue weighted by Gasteiger charge is 2.30. The van der Waals surface area contributed by atoms with Crippen LogP contribution in [0, 0.1) is 5.92 Å². The highest BCUT2D eigenvalue weighted by molar-refractivity contribution is 7.09. The Morgan fingerprint density at radius 2 is 2.54 bits per heavy atom. The van der Waals surface area contributed by atoms with Crippen LogP contribution in [-0.2, 0) is 5.60 Å². The number of aliphatic hydroxyl groups is 1. The molecule has 2 nitrogen and oxygen atoms in total. The van der Waals surface area contributed by atoms with E-state index >= 15 is 0 Å². The Morgan fingerprint density at radius 1 is 1.69 bits per heavy atom. The first kappa shape index (κ1) is 8.91. The molecule has 0 saturated carbocycles. The molecule has 0 amide bonds. The standard InChI is InChI=1S/C10H13NOS/c1-8-2-4-10(12,5-3-8)9-6-11-7-13-9/h2,4,6-8,12H,3,5H2,1H3. The van der Waals surface area contributed by atoms with E-state index in [-0.39, 0.29) is 0 Å². The first-order valence-corrected chi connectivity index (χ1v) is 5.39. The normalized spacial score (nSPS) is 33.5. The topological polar surface area (TPSA) is 33.1 Å². The molecule has 1 aromatic heterocycles. The summed E-state index contributed by atoms with van der Waals surface area (Å²) in [6.07, 6.45) is 7.61. The van der Waals surface area contributed by atoms with Crippen LogP contribution in [0.15, 0.2) is 23.9 Å². The number of allylic oxidation sites excluding steroid dienone is 1. The average molecular weight is 195 g/mol. The van der Waals surface area contributed by atoms with E-state index in [0.717, 1.165) is 17.7 Å². The van der Waals surface area contributed by atoms with Crippen LogP contribution in [-0.4, -0.2) is 10.1 Å². The van der Waals surface area contributed by atoms with E-state index in [1.54, 1.807) is 11.7 Å². The van der Waals surface area contributed by atoms with Crippen LogP contribution in [0.4, 0.5) is 0 Å². The Hall–Kier alpha value is -0.670. The van der Waals surface area contributed by atoms with Crippen LogP contribution in [0.5, 0.6) is 0 Å². The molecular weight excluding hydrogens is 182 g/mol. The van der Waals surface area contributed by atoms with Gasteiger partial charge in [0.1, 0.15) is 5.60 Å². The number of aromatic nitrogens is 1. The number of hydrogen-bond donors (Lipinski definition) is 1. The van der Waals surface area contributed by atoms with Gasteiger partial charge in [0.15, 0.2) is 0 Å². The van der Waals surface area contributed by atoms with Crippen molar-refractivity contribution < 1.29 is 5.11 Å². The minimum Gasteiger partial charge on any atom is -0.380 e. The molecule has 3 heteroatoms. The average Bonchev–Trinajstić information content (AvgIpc) is 2.63. The van der Waals surface area contributed by atoms with Gasteiger partial charge in [-0.3, -0.25) is 4.98 Å². The molecule has 2 unspecified atom stereocenters. The fourth-order valence-corrected chi connectivity index (χ4v) is 2.32. The molecule has 0 fully saturated rings. The Kier molecular flexibility index (Phi) is 2.22. The maximum absolute atomic E-state index is 10.2. The lowest BCUT2D eigenvalue weighted by Crippen LogP contribution is -2.25. The van der Waals surface area contributed by atoms with Crippen LogP contribution >= 0.6 is 11.3 Å². The number of hydrogen-bond acceptors (Lipinski definition) is 3. The summed E-state index contributed by atoms with van der Waals surface area (Å²) in [6.45, 7) is 2.17. The SMILES string of the molecule is CC1C=CC(O)(c2cncs2)CC1. The second-order valence-corrected chi connectivity index (χ2v) is 4.55. The van der Waals surface area contributed by atoms with E-state index < -0.39 is 5.60 Å². The maximum atomic E-state index is 10.2. The first-order valence-electron chi connectivity index (χ1n) is 4.51. The third-order valence-corrected chi connectivity index (χ3v) is 3.48. The number of nitrogens with zero attached hydrogens (tertiary/aromatic N) is 1. The van der Waals surface area contributed by atoms with Crippen molar-refractivity contribution in [3.63, 3.8) is 0 Å². The molecule has 0 spiro atoms. The summed E-state index contributed by atoms with van der Waals surface area (Å²) in [5.41, 5.74) is 1.02. The predicted octanol–water partition coefficient (Wildman–Crippen LogP) is 2.32. The molecule has 1 heterocycles. The minimum atomic E-state index is -0.742. The van der Waals surface area contributed by atoms with Crippen LogP contribution in [0.1, 0.15) is 24.6 Å². The fourth-order valence-electron chi connectivity index (χ4n) is 1.59. The summed E-state index contributed by atoms with van der Waals surface area (Å²) >= 11 is 1.52. The van der Waals surface area contributed by atoms with Crippen molar-refractivity contribution in [3.8, 4) is 0 Å². The van der Waals surface area contributed by atoms with Crippen molar-refractivity contribution in [1.82, 2.24) is 4.98 Å². The number of rotatable bonds is 1. The van der Waals surface area contributed by atoms with Gasteiger partial charge < -0.3 is 5.11 Å². The molecule has 0 aromatic carbocycles. The highest BCUT2D eigenvalue weighted by atomic mass is 32.1. The van der Waals surface area contributed by atoms with E-state index in [9.17, 15) is 5.11 Å². The van der Waals surface area contributed by atoms with Crippen molar-refractivity contribution in [2.75, 3.05) is 0 Å². The van der Waals surface area contributed by atoms with E-state index in [2.05, 4.69) is 18.0 Å². The molecular formula is C10H13NOS. The zero-order chi connectivity index (χ0) is 9.31. The quantitative estimate of drug-likeness (QED) is 0.698. The second kappa shape index (κ2) is 3.24. The Labute approximate surface area is 81.9 Å².